The molecule has 0 bridgehead atoms. The largest absolute Gasteiger partial charge is 0.284 e. The van der Waals surface area contributed by atoms with Crippen LogP contribution in [0.3, 0.4) is 0 Å². The molecule has 0 atom stereocenters. The van der Waals surface area contributed by atoms with E-state index in [0.29, 0.717) is 0 Å². The van der Waals surface area contributed by atoms with E-state index in [1.807, 2.05) is 35.8 Å². The molecule has 2 aromatic heterocycles. The van der Waals surface area contributed by atoms with Crippen LogP contribution < -0.4 is 0 Å². The minimum absolute atomic E-state index is 0.816. The van der Waals surface area contributed by atoms with Gasteiger partial charge >= 0.3 is 0 Å². The first kappa shape index (κ1) is 6.61. The van der Waals surface area contributed by atoms with Gasteiger partial charge in [-0.3, -0.25) is 9.61 Å². The van der Waals surface area contributed by atoms with Gasteiger partial charge in [-0.25, -0.2) is 0 Å². The maximum absolute atomic E-state index is 5.08. The lowest BCUT2D eigenvalue weighted by atomic mass is 10.3. The first-order valence-corrected chi connectivity index (χ1v) is 3.86. The average molecular weight is 164 g/mol. The van der Waals surface area contributed by atoms with E-state index in [9.17, 15) is 0 Å². The second-order valence-electron chi connectivity index (χ2n) is 2.52. The van der Waals surface area contributed by atoms with Gasteiger partial charge in [-0.1, -0.05) is 18.3 Å². The molecule has 11 heavy (non-hydrogen) atoms. The summed E-state index contributed by atoms with van der Waals surface area (Å²) in [5.74, 6) is 0. The lowest BCUT2D eigenvalue weighted by Crippen LogP contribution is -1.82. The smallest absolute Gasteiger partial charge is 0.123 e. The van der Waals surface area contributed by atoms with Gasteiger partial charge in [-0.15, -0.1) is 0 Å². The van der Waals surface area contributed by atoms with Crippen molar-refractivity contribution in [3.8, 4) is 0 Å². The Hall–Kier alpha value is -1.09. The number of hydrogen-bond acceptors (Lipinski definition) is 1. The zero-order chi connectivity index (χ0) is 7.84. The monoisotopic (exact) mass is 164 g/mol. The summed E-state index contributed by atoms with van der Waals surface area (Å²) in [5, 5.41) is 3.06. The molecule has 0 spiro atoms. The molecule has 0 aliphatic carbocycles. The van der Waals surface area contributed by atoms with Crippen molar-refractivity contribution in [3.63, 3.8) is 0 Å². The highest BCUT2D eigenvalue weighted by atomic mass is 32.1. The van der Waals surface area contributed by atoms with Gasteiger partial charge < -0.3 is 0 Å². The van der Waals surface area contributed by atoms with Gasteiger partial charge in [0.1, 0.15) is 4.64 Å². The van der Waals surface area contributed by atoms with Crippen LogP contribution in [-0.2, 0) is 0 Å². The van der Waals surface area contributed by atoms with Gasteiger partial charge in [0, 0.05) is 11.8 Å². The number of H-pyrrole nitrogens is 1. The summed E-state index contributed by atoms with van der Waals surface area (Å²) < 4.78 is 2.74. The van der Waals surface area contributed by atoms with Crippen molar-refractivity contribution in [2.24, 2.45) is 0 Å². The zero-order valence-corrected chi connectivity index (χ0v) is 6.98. The number of aromatic nitrogens is 2. The Labute approximate surface area is 69.5 Å². The van der Waals surface area contributed by atoms with E-state index in [1.165, 1.54) is 0 Å². The molecule has 1 N–H and O–H groups in total. The van der Waals surface area contributed by atoms with Crippen molar-refractivity contribution >= 4 is 17.7 Å². The summed E-state index contributed by atoms with van der Waals surface area (Å²) in [6.45, 7) is 2.02. The molecule has 0 saturated heterocycles. The Kier molecular flexibility index (Phi) is 1.32. The third-order valence-corrected chi connectivity index (χ3v) is 2.20. The molecule has 0 radical (unpaired) electrons. The quantitative estimate of drug-likeness (QED) is 0.592. The molecule has 0 unspecified atom stereocenters. The molecule has 2 heterocycles. The van der Waals surface area contributed by atoms with Gasteiger partial charge in [-0.2, -0.15) is 0 Å². The summed E-state index contributed by atoms with van der Waals surface area (Å²) >= 11 is 5.08. The number of rotatable bonds is 0. The molecule has 3 heteroatoms. The fourth-order valence-corrected chi connectivity index (χ4v) is 1.36. The predicted molar refractivity (Wildman–Crippen MR) is 47.3 cm³/mol. The molecule has 0 amide bonds. The minimum Gasteiger partial charge on any atom is -0.284 e. The van der Waals surface area contributed by atoms with E-state index < -0.39 is 0 Å². The molecule has 2 nitrogen and oxygen atoms in total. The second kappa shape index (κ2) is 2.20. The number of aryl methyl sites for hydroxylation is 1. The SMILES string of the molecule is Cc1c(=S)[nH]n2ccccc12. The second-order valence-corrected chi connectivity index (χ2v) is 2.93. The van der Waals surface area contributed by atoms with Crippen LogP contribution in [0.1, 0.15) is 5.56 Å². The highest BCUT2D eigenvalue weighted by Crippen LogP contribution is 2.09. The molecular weight excluding hydrogens is 156 g/mol. The average Bonchev–Trinajstić information content (AvgIpc) is 2.30. The van der Waals surface area contributed by atoms with Crippen LogP contribution in [0.25, 0.3) is 5.52 Å². The first-order valence-electron chi connectivity index (χ1n) is 3.45. The molecule has 56 valence electrons. The summed E-state index contributed by atoms with van der Waals surface area (Å²) in [6, 6.07) is 6.02. The van der Waals surface area contributed by atoms with Crippen LogP contribution in [0, 0.1) is 11.6 Å². The predicted octanol–water partition coefficient (Wildman–Crippen LogP) is 2.31. The van der Waals surface area contributed by atoms with Crippen molar-refractivity contribution in [3.05, 3.63) is 34.6 Å². The van der Waals surface area contributed by atoms with Crippen molar-refractivity contribution in [1.29, 1.82) is 0 Å². The number of nitrogens with zero attached hydrogens (tertiary/aromatic N) is 1. The number of pyridine rings is 1. The van der Waals surface area contributed by atoms with E-state index in [0.717, 1.165) is 15.7 Å². The zero-order valence-electron chi connectivity index (χ0n) is 6.16. The molecule has 2 rings (SSSR count). The van der Waals surface area contributed by atoms with Crippen LogP contribution in [0.15, 0.2) is 24.4 Å². The van der Waals surface area contributed by atoms with E-state index >= 15 is 0 Å². The standard InChI is InChI=1S/C8H8N2S/c1-6-7-4-2-3-5-10(7)9-8(6)11/h2-5H,1H3,(H,9,11). The van der Waals surface area contributed by atoms with Gasteiger partial charge in [0.05, 0.1) is 5.52 Å². The van der Waals surface area contributed by atoms with Gasteiger partial charge in [0.15, 0.2) is 0 Å². The molecule has 0 aromatic carbocycles. The van der Waals surface area contributed by atoms with Gasteiger partial charge in [0.25, 0.3) is 0 Å². The van der Waals surface area contributed by atoms with E-state index in [2.05, 4.69) is 5.10 Å². The Balaban J connectivity index is 3.04. The van der Waals surface area contributed by atoms with Gasteiger partial charge in [0.2, 0.25) is 0 Å². The topological polar surface area (TPSA) is 20.2 Å². The van der Waals surface area contributed by atoms with E-state index in [1.54, 1.807) is 0 Å². The first-order chi connectivity index (χ1) is 5.29. The van der Waals surface area contributed by atoms with E-state index in [4.69, 9.17) is 12.2 Å². The molecule has 0 aliphatic heterocycles. The van der Waals surface area contributed by atoms with Crippen molar-refractivity contribution in [1.82, 2.24) is 9.61 Å². The normalized spacial score (nSPS) is 10.6. The summed E-state index contributed by atoms with van der Waals surface area (Å²) in [5.41, 5.74) is 2.29. The lowest BCUT2D eigenvalue weighted by molar-refractivity contribution is 0.953. The van der Waals surface area contributed by atoms with E-state index in [-0.39, 0.29) is 0 Å². The maximum Gasteiger partial charge on any atom is 0.123 e. The highest BCUT2D eigenvalue weighted by Gasteiger charge is 1.97. The number of nitrogens with one attached hydrogen (secondary N) is 1. The molecule has 0 aliphatic rings. The molecule has 2 aromatic rings. The van der Waals surface area contributed by atoms with Crippen molar-refractivity contribution in [2.45, 2.75) is 6.92 Å². The Morgan fingerprint density at radius 1 is 1.45 bits per heavy atom. The van der Waals surface area contributed by atoms with Crippen LogP contribution in [0.4, 0.5) is 0 Å². The van der Waals surface area contributed by atoms with Crippen molar-refractivity contribution < 1.29 is 0 Å². The molecule has 0 fully saturated rings. The molecule has 0 saturated carbocycles. The lowest BCUT2D eigenvalue weighted by Gasteiger charge is -1.90. The third-order valence-electron chi connectivity index (χ3n) is 1.81. The van der Waals surface area contributed by atoms with Crippen LogP contribution in [0.2, 0.25) is 0 Å². The Morgan fingerprint density at radius 2 is 2.27 bits per heavy atom. The summed E-state index contributed by atoms with van der Waals surface area (Å²) in [7, 11) is 0. The van der Waals surface area contributed by atoms with Crippen molar-refractivity contribution in [2.75, 3.05) is 0 Å². The van der Waals surface area contributed by atoms with Crippen LogP contribution in [-0.4, -0.2) is 9.61 Å². The van der Waals surface area contributed by atoms with Crippen LogP contribution >= 0.6 is 12.2 Å². The third kappa shape index (κ3) is 0.886. The minimum atomic E-state index is 0.816. The number of aromatic amines is 1. The fourth-order valence-electron chi connectivity index (χ4n) is 1.16. The molecular formula is C8H8N2S. The number of fused-ring (bicyclic) bond motifs is 1. The highest BCUT2D eigenvalue weighted by molar-refractivity contribution is 7.71. The van der Waals surface area contributed by atoms with Gasteiger partial charge in [-0.05, 0) is 19.1 Å². The Bertz CT molecular complexity index is 439. The summed E-state index contributed by atoms with van der Waals surface area (Å²) in [4.78, 5) is 0. The maximum atomic E-state index is 5.08. The summed E-state index contributed by atoms with van der Waals surface area (Å²) in [6.07, 6.45) is 1.96. The fraction of sp³-hybridized carbons (Fsp3) is 0.125. The Morgan fingerprint density at radius 3 is 3.00 bits per heavy atom. The number of hydrogen-bond donors (Lipinski definition) is 1. The van der Waals surface area contributed by atoms with Crippen LogP contribution in [0.5, 0.6) is 0 Å².